The minimum Gasteiger partial charge on any atom is -0.249 e. The minimum absolute atomic E-state index is 0.966. The summed E-state index contributed by atoms with van der Waals surface area (Å²) >= 11 is 0. The highest BCUT2D eigenvalue weighted by Crippen LogP contribution is 2.54. The summed E-state index contributed by atoms with van der Waals surface area (Å²) in [4.78, 5) is 0. The molecule has 0 bridgehead atoms. The van der Waals surface area contributed by atoms with Crippen LogP contribution < -0.4 is 0 Å². The van der Waals surface area contributed by atoms with Crippen molar-refractivity contribution < 1.29 is 0 Å². The molecule has 0 spiro atoms. The Labute approximate surface area is 97.2 Å². The predicted molar refractivity (Wildman–Crippen MR) is 63.1 cm³/mol. The Morgan fingerprint density at radius 1 is 1.19 bits per heavy atom. The van der Waals surface area contributed by atoms with Crippen molar-refractivity contribution in [3.63, 3.8) is 0 Å². The molecule has 2 unspecified atom stereocenters. The van der Waals surface area contributed by atoms with E-state index < -0.39 is 0 Å². The van der Waals surface area contributed by atoms with Crippen LogP contribution >= 0.6 is 0 Å². The van der Waals surface area contributed by atoms with E-state index in [0.29, 0.717) is 0 Å². The molecule has 0 aliphatic heterocycles. The van der Waals surface area contributed by atoms with E-state index in [4.69, 9.17) is 0 Å². The first-order valence-corrected chi connectivity index (χ1v) is 6.76. The molecule has 3 nitrogen and oxygen atoms in total. The monoisotopic (exact) mass is 219 g/mol. The van der Waals surface area contributed by atoms with Crippen LogP contribution in [0.2, 0.25) is 0 Å². The summed E-state index contributed by atoms with van der Waals surface area (Å²) in [5.41, 5.74) is 2.70. The van der Waals surface area contributed by atoms with Crippen molar-refractivity contribution in [3.05, 3.63) is 11.4 Å². The van der Waals surface area contributed by atoms with Crippen molar-refractivity contribution in [1.82, 2.24) is 15.0 Å². The molecule has 0 amide bonds. The number of hydrogen-bond acceptors (Lipinski definition) is 2. The van der Waals surface area contributed by atoms with Crippen LogP contribution in [0.3, 0.4) is 0 Å². The molecule has 3 rings (SSSR count). The number of aryl methyl sites for hydroxylation is 2. The smallest absolute Gasteiger partial charge is 0.0859 e. The number of rotatable bonds is 2. The predicted octanol–water partition coefficient (Wildman–Crippen LogP) is 2.45. The first kappa shape index (κ1) is 10.3. The summed E-state index contributed by atoms with van der Waals surface area (Å²) in [5.74, 6) is 3.04. The van der Waals surface area contributed by atoms with Gasteiger partial charge in [-0.05, 0) is 50.4 Å². The van der Waals surface area contributed by atoms with Crippen molar-refractivity contribution in [2.45, 2.75) is 52.5 Å². The molecule has 2 aliphatic rings. The Hall–Kier alpha value is -0.860. The number of aromatic nitrogens is 3. The van der Waals surface area contributed by atoms with Gasteiger partial charge in [0.2, 0.25) is 0 Å². The van der Waals surface area contributed by atoms with Gasteiger partial charge in [0.15, 0.2) is 0 Å². The average molecular weight is 219 g/mol. The van der Waals surface area contributed by atoms with Gasteiger partial charge in [-0.2, -0.15) is 0 Å². The van der Waals surface area contributed by atoms with Gasteiger partial charge in [-0.15, -0.1) is 5.10 Å². The van der Waals surface area contributed by atoms with Gasteiger partial charge in [0, 0.05) is 6.54 Å². The van der Waals surface area contributed by atoms with Gasteiger partial charge in [0.05, 0.1) is 11.4 Å². The normalized spacial score (nSPS) is 32.5. The SMILES string of the molecule is CC[C@@H]1C2CCc3nnn(CC)c3CCC21. The van der Waals surface area contributed by atoms with E-state index in [1.807, 2.05) is 0 Å². The molecule has 1 aromatic rings. The van der Waals surface area contributed by atoms with Gasteiger partial charge in [0.25, 0.3) is 0 Å². The summed E-state index contributed by atoms with van der Waals surface area (Å²) < 4.78 is 2.10. The van der Waals surface area contributed by atoms with E-state index in [-0.39, 0.29) is 0 Å². The van der Waals surface area contributed by atoms with E-state index in [0.717, 1.165) is 30.7 Å². The molecular formula is C13H21N3. The summed E-state index contributed by atoms with van der Waals surface area (Å²) in [6, 6.07) is 0. The average Bonchev–Trinajstić information content (AvgIpc) is 2.80. The molecule has 0 N–H and O–H groups in total. The second kappa shape index (κ2) is 3.86. The lowest BCUT2D eigenvalue weighted by atomic mass is 10.0. The lowest BCUT2D eigenvalue weighted by Crippen LogP contribution is -2.07. The fourth-order valence-electron chi connectivity index (χ4n) is 3.68. The van der Waals surface area contributed by atoms with Crippen LogP contribution in [-0.4, -0.2) is 15.0 Å². The van der Waals surface area contributed by atoms with E-state index in [1.165, 1.54) is 37.1 Å². The first-order chi connectivity index (χ1) is 7.85. The number of fused-ring (bicyclic) bond motifs is 2. The lowest BCUT2D eigenvalue weighted by Gasteiger charge is -2.09. The second-order valence-electron chi connectivity index (χ2n) is 5.28. The van der Waals surface area contributed by atoms with Crippen molar-refractivity contribution in [1.29, 1.82) is 0 Å². The van der Waals surface area contributed by atoms with Crippen LogP contribution in [0.15, 0.2) is 0 Å². The maximum atomic E-state index is 4.35. The third-order valence-corrected chi connectivity index (χ3v) is 4.63. The van der Waals surface area contributed by atoms with Crippen LogP contribution in [0, 0.1) is 17.8 Å². The Morgan fingerprint density at radius 3 is 2.62 bits per heavy atom. The molecule has 1 fully saturated rings. The molecule has 1 saturated carbocycles. The Bertz CT molecular complexity index is 383. The maximum absolute atomic E-state index is 4.35. The standard InChI is InChI=1S/C13H21N3/c1-3-9-10-5-7-12-13(8-6-11(9)10)16(4-2)15-14-12/h9-11H,3-8H2,1-2H3/t9-,10?,11?/m1/s1. The third-order valence-electron chi connectivity index (χ3n) is 4.63. The first-order valence-electron chi connectivity index (χ1n) is 6.76. The Kier molecular flexibility index (Phi) is 2.49. The molecule has 16 heavy (non-hydrogen) atoms. The van der Waals surface area contributed by atoms with E-state index in [1.54, 1.807) is 0 Å². The van der Waals surface area contributed by atoms with Crippen LogP contribution in [0.5, 0.6) is 0 Å². The van der Waals surface area contributed by atoms with Gasteiger partial charge in [-0.3, -0.25) is 0 Å². The molecule has 0 radical (unpaired) electrons. The fraction of sp³-hybridized carbons (Fsp3) is 0.846. The molecule has 2 aliphatic carbocycles. The van der Waals surface area contributed by atoms with Gasteiger partial charge < -0.3 is 0 Å². The number of nitrogens with zero attached hydrogens (tertiary/aromatic N) is 3. The number of hydrogen-bond donors (Lipinski definition) is 0. The third kappa shape index (κ3) is 1.48. The molecule has 0 aromatic carbocycles. The van der Waals surface area contributed by atoms with E-state index >= 15 is 0 Å². The zero-order chi connectivity index (χ0) is 11.1. The molecule has 3 atom stereocenters. The largest absolute Gasteiger partial charge is 0.249 e. The summed E-state index contributed by atoms with van der Waals surface area (Å²) in [6.45, 7) is 5.46. The van der Waals surface area contributed by atoms with Gasteiger partial charge >= 0.3 is 0 Å². The van der Waals surface area contributed by atoms with Crippen molar-refractivity contribution in [2.24, 2.45) is 17.8 Å². The van der Waals surface area contributed by atoms with E-state index in [2.05, 4.69) is 28.8 Å². The van der Waals surface area contributed by atoms with Crippen molar-refractivity contribution in [2.75, 3.05) is 0 Å². The molecular weight excluding hydrogens is 198 g/mol. The van der Waals surface area contributed by atoms with Crippen LogP contribution in [0.25, 0.3) is 0 Å². The van der Waals surface area contributed by atoms with Gasteiger partial charge in [0.1, 0.15) is 0 Å². The highest BCUT2D eigenvalue weighted by atomic mass is 15.4. The van der Waals surface area contributed by atoms with Crippen LogP contribution in [-0.2, 0) is 19.4 Å². The highest BCUT2D eigenvalue weighted by Gasteiger charge is 2.48. The van der Waals surface area contributed by atoms with Crippen LogP contribution in [0.1, 0.15) is 44.5 Å². The molecule has 3 heteroatoms. The van der Waals surface area contributed by atoms with Gasteiger partial charge in [-0.25, -0.2) is 4.68 Å². The maximum Gasteiger partial charge on any atom is 0.0859 e. The molecule has 1 aromatic heterocycles. The fourth-order valence-corrected chi connectivity index (χ4v) is 3.68. The summed E-state index contributed by atoms with van der Waals surface area (Å²) in [5, 5.41) is 8.59. The summed E-state index contributed by atoms with van der Waals surface area (Å²) in [7, 11) is 0. The van der Waals surface area contributed by atoms with Crippen LogP contribution in [0.4, 0.5) is 0 Å². The molecule has 1 heterocycles. The zero-order valence-corrected chi connectivity index (χ0v) is 10.3. The Morgan fingerprint density at radius 2 is 1.94 bits per heavy atom. The topological polar surface area (TPSA) is 30.7 Å². The zero-order valence-electron chi connectivity index (χ0n) is 10.3. The van der Waals surface area contributed by atoms with E-state index in [9.17, 15) is 0 Å². The van der Waals surface area contributed by atoms with Gasteiger partial charge in [-0.1, -0.05) is 18.6 Å². The highest BCUT2D eigenvalue weighted by molar-refractivity contribution is 5.15. The summed E-state index contributed by atoms with van der Waals surface area (Å²) in [6.07, 6.45) is 6.45. The Balaban J connectivity index is 1.80. The molecule has 0 saturated heterocycles. The van der Waals surface area contributed by atoms with Crippen molar-refractivity contribution in [3.8, 4) is 0 Å². The quantitative estimate of drug-likeness (QED) is 0.765. The second-order valence-corrected chi connectivity index (χ2v) is 5.28. The van der Waals surface area contributed by atoms with Crippen molar-refractivity contribution >= 4 is 0 Å². The minimum atomic E-state index is 0.966. The molecule has 88 valence electrons. The lowest BCUT2D eigenvalue weighted by molar-refractivity contribution is 0.547.